The minimum absolute atomic E-state index is 0.132. The van der Waals surface area contributed by atoms with Gasteiger partial charge in [-0.05, 0) is 26.0 Å². The molecule has 0 spiro atoms. The van der Waals surface area contributed by atoms with Crippen molar-refractivity contribution in [1.82, 2.24) is 10.2 Å². The number of likely N-dealkylation sites (tertiary alicyclic amines) is 1. The Morgan fingerprint density at radius 3 is 2.74 bits per heavy atom. The summed E-state index contributed by atoms with van der Waals surface area (Å²) in [4.78, 5) is 26.8. The highest BCUT2D eigenvalue weighted by Crippen LogP contribution is 2.24. The average Bonchev–Trinajstić information content (AvgIpc) is 2.95. The van der Waals surface area contributed by atoms with Gasteiger partial charge in [0.15, 0.2) is 0 Å². The number of hydrogen-bond donors (Lipinski definition) is 1. The van der Waals surface area contributed by atoms with E-state index in [0.29, 0.717) is 11.3 Å². The van der Waals surface area contributed by atoms with Crippen molar-refractivity contribution in [3.8, 4) is 0 Å². The van der Waals surface area contributed by atoms with Crippen LogP contribution in [0.5, 0.6) is 0 Å². The molecule has 2 heterocycles. The van der Waals surface area contributed by atoms with Crippen LogP contribution in [0, 0.1) is 12.8 Å². The fourth-order valence-electron chi connectivity index (χ4n) is 2.63. The number of amides is 2. The summed E-state index contributed by atoms with van der Waals surface area (Å²) in [5, 5.41) is 2.79. The summed E-state index contributed by atoms with van der Waals surface area (Å²) in [5.41, 5.74) is 0. The molecule has 1 saturated heterocycles. The number of aryl methyl sites for hydroxylation is 1. The first-order chi connectivity index (χ1) is 10.6. The van der Waals surface area contributed by atoms with E-state index in [2.05, 4.69) is 5.32 Å². The van der Waals surface area contributed by atoms with Crippen LogP contribution in [0.4, 0.5) is 13.2 Å². The van der Waals surface area contributed by atoms with Crippen molar-refractivity contribution in [1.29, 1.82) is 0 Å². The Kier molecular flexibility index (Phi) is 5.33. The fraction of sp³-hybridized carbons (Fsp3) is 0.600. The van der Waals surface area contributed by atoms with E-state index in [9.17, 15) is 22.8 Å². The fourth-order valence-corrected chi connectivity index (χ4v) is 3.64. The second-order valence-corrected chi connectivity index (χ2v) is 7.29. The van der Waals surface area contributed by atoms with Crippen LogP contribution in [0.15, 0.2) is 12.1 Å². The summed E-state index contributed by atoms with van der Waals surface area (Å²) in [6.07, 6.45) is -3.94. The second kappa shape index (κ2) is 6.90. The molecule has 1 aromatic heterocycles. The third-order valence-corrected chi connectivity index (χ3v) is 4.67. The molecule has 4 nitrogen and oxygen atoms in total. The van der Waals surface area contributed by atoms with Crippen molar-refractivity contribution >= 4 is 23.2 Å². The highest BCUT2D eigenvalue weighted by Gasteiger charge is 2.40. The van der Waals surface area contributed by atoms with E-state index in [0.717, 1.165) is 4.88 Å². The lowest BCUT2D eigenvalue weighted by Crippen LogP contribution is -2.40. The van der Waals surface area contributed by atoms with Crippen LogP contribution in [0.25, 0.3) is 0 Å². The zero-order chi connectivity index (χ0) is 17.2. The lowest BCUT2D eigenvalue weighted by molar-refractivity contribution is -0.157. The van der Waals surface area contributed by atoms with Crippen molar-refractivity contribution in [2.45, 2.75) is 38.9 Å². The van der Waals surface area contributed by atoms with Gasteiger partial charge in [0.2, 0.25) is 11.8 Å². The first-order valence-corrected chi connectivity index (χ1v) is 8.16. The molecule has 1 aliphatic rings. The molecular formula is C15H19F3N2O2S. The number of nitrogens with zero attached hydrogens (tertiary/aromatic N) is 1. The van der Waals surface area contributed by atoms with Crippen LogP contribution < -0.4 is 5.32 Å². The molecule has 1 N–H and O–H groups in total. The van der Waals surface area contributed by atoms with E-state index < -0.39 is 24.5 Å². The molecule has 0 unspecified atom stereocenters. The van der Waals surface area contributed by atoms with Gasteiger partial charge in [0.1, 0.15) is 6.54 Å². The maximum Gasteiger partial charge on any atom is 0.406 e. The number of carbonyl (C=O) groups is 2. The maximum absolute atomic E-state index is 12.4. The summed E-state index contributed by atoms with van der Waals surface area (Å²) in [6.45, 7) is 2.38. The molecule has 1 fully saturated rings. The number of halogens is 3. The van der Waals surface area contributed by atoms with Crippen molar-refractivity contribution in [3.63, 3.8) is 0 Å². The summed E-state index contributed by atoms with van der Waals surface area (Å²) >= 11 is 1.64. The van der Waals surface area contributed by atoms with Crippen LogP contribution in [0.1, 0.15) is 23.1 Å². The van der Waals surface area contributed by atoms with Gasteiger partial charge in [-0.2, -0.15) is 13.2 Å². The van der Waals surface area contributed by atoms with E-state index in [1.807, 2.05) is 26.0 Å². The Labute approximate surface area is 136 Å². The Bertz CT molecular complexity index is 586. The van der Waals surface area contributed by atoms with Crippen molar-refractivity contribution in [3.05, 3.63) is 21.9 Å². The van der Waals surface area contributed by atoms with Gasteiger partial charge < -0.3 is 10.2 Å². The lowest BCUT2D eigenvalue weighted by atomic mass is 10.1. The zero-order valence-corrected chi connectivity index (χ0v) is 13.8. The molecule has 2 rings (SSSR count). The number of rotatable bonds is 5. The highest BCUT2D eigenvalue weighted by atomic mass is 32.1. The molecule has 1 aromatic rings. The SMILES string of the molecule is Cc1ccc(C[C@@H](C)NC(=O)[C@H]2CC(=O)N(CC(F)(F)F)C2)s1. The van der Waals surface area contributed by atoms with Gasteiger partial charge >= 0.3 is 6.18 Å². The van der Waals surface area contributed by atoms with Crippen molar-refractivity contribution in [2.75, 3.05) is 13.1 Å². The monoisotopic (exact) mass is 348 g/mol. The van der Waals surface area contributed by atoms with Gasteiger partial charge in [-0.1, -0.05) is 0 Å². The third kappa shape index (κ3) is 5.23. The minimum Gasteiger partial charge on any atom is -0.353 e. The molecule has 128 valence electrons. The standard InChI is InChI=1S/C15H19F3N2O2S/c1-9(5-12-4-3-10(2)23-12)19-14(22)11-6-13(21)20(7-11)8-15(16,17)18/h3-4,9,11H,5-8H2,1-2H3,(H,19,22)/t9-,11+/m1/s1. The second-order valence-electron chi connectivity index (χ2n) is 5.92. The maximum atomic E-state index is 12.4. The van der Waals surface area contributed by atoms with Gasteiger partial charge in [-0.25, -0.2) is 0 Å². The Morgan fingerprint density at radius 1 is 1.48 bits per heavy atom. The largest absolute Gasteiger partial charge is 0.406 e. The molecule has 0 aliphatic carbocycles. The van der Waals surface area contributed by atoms with E-state index in [-0.39, 0.29) is 24.9 Å². The number of alkyl halides is 3. The molecule has 0 aromatic carbocycles. The normalized spacial score (nSPS) is 20.0. The molecule has 23 heavy (non-hydrogen) atoms. The quantitative estimate of drug-likeness (QED) is 0.889. The number of thiophene rings is 1. The number of nitrogens with one attached hydrogen (secondary N) is 1. The molecule has 2 amide bonds. The van der Waals surface area contributed by atoms with Gasteiger partial charge in [0.25, 0.3) is 0 Å². The van der Waals surface area contributed by atoms with Gasteiger partial charge in [0, 0.05) is 35.2 Å². The molecule has 0 radical (unpaired) electrons. The predicted octanol–water partition coefficient (Wildman–Crippen LogP) is 2.51. The Hall–Kier alpha value is -1.57. The first kappa shape index (κ1) is 17.8. The van der Waals surface area contributed by atoms with E-state index in [4.69, 9.17) is 0 Å². The minimum atomic E-state index is -4.44. The van der Waals surface area contributed by atoms with Gasteiger partial charge in [0.05, 0.1) is 5.92 Å². The topological polar surface area (TPSA) is 49.4 Å². The van der Waals surface area contributed by atoms with Gasteiger partial charge in [-0.3, -0.25) is 9.59 Å². The van der Waals surface area contributed by atoms with E-state index >= 15 is 0 Å². The summed E-state index contributed by atoms with van der Waals surface area (Å²) < 4.78 is 37.1. The summed E-state index contributed by atoms with van der Waals surface area (Å²) in [5.74, 6) is -1.69. The average molecular weight is 348 g/mol. The van der Waals surface area contributed by atoms with Crippen LogP contribution in [-0.2, 0) is 16.0 Å². The van der Waals surface area contributed by atoms with Crippen LogP contribution >= 0.6 is 11.3 Å². The molecule has 2 atom stereocenters. The zero-order valence-electron chi connectivity index (χ0n) is 12.9. The number of hydrogen-bond acceptors (Lipinski definition) is 3. The molecule has 8 heteroatoms. The Morgan fingerprint density at radius 2 is 2.17 bits per heavy atom. The van der Waals surface area contributed by atoms with E-state index in [1.54, 1.807) is 11.3 Å². The third-order valence-electron chi connectivity index (χ3n) is 3.65. The van der Waals surface area contributed by atoms with Crippen LogP contribution in [0.2, 0.25) is 0 Å². The Balaban J connectivity index is 1.85. The molecule has 0 bridgehead atoms. The molecule has 1 aliphatic heterocycles. The summed E-state index contributed by atoms with van der Waals surface area (Å²) in [6, 6.07) is 3.86. The van der Waals surface area contributed by atoms with Crippen LogP contribution in [0.3, 0.4) is 0 Å². The lowest BCUT2D eigenvalue weighted by Gasteiger charge is -2.19. The van der Waals surface area contributed by atoms with Crippen LogP contribution in [-0.4, -0.2) is 42.0 Å². The molecular weight excluding hydrogens is 329 g/mol. The summed E-state index contributed by atoms with van der Waals surface area (Å²) in [7, 11) is 0. The van der Waals surface area contributed by atoms with Crippen molar-refractivity contribution < 1.29 is 22.8 Å². The van der Waals surface area contributed by atoms with Crippen molar-refractivity contribution in [2.24, 2.45) is 5.92 Å². The number of carbonyl (C=O) groups excluding carboxylic acids is 2. The smallest absolute Gasteiger partial charge is 0.353 e. The predicted molar refractivity (Wildman–Crippen MR) is 81.1 cm³/mol. The van der Waals surface area contributed by atoms with E-state index in [1.165, 1.54) is 4.88 Å². The first-order valence-electron chi connectivity index (χ1n) is 7.34. The highest BCUT2D eigenvalue weighted by molar-refractivity contribution is 7.11. The molecule has 0 saturated carbocycles. The van der Waals surface area contributed by atoms with Gasteiger partial charge in [-0.15, -0.1) is 11.3 Å².